The molecular formula is C32H25Br2N3O5S. The predicted molar refractivity (Wildman–Crippen MR) is 171 cm³/mol. The average molecular weight is 723 g/mol. The highest BCUT2D eigenvalue weighted by Gasteiger charge is 2.33. The van der Waals surface area contributed by atoms with E-state index in [2.05, 4.69) is 42.9 Å². The lowest BCUT2D eigenvalue weighted by atomic mass is 9.96. The Hall–Kier alpha value is -3.98. The number of rotatable bonds is 8. The van der Waals surface area contributed by atoms with Crippen molar-refractivity contribution in [3.63, 3.8) is 0 Å². The maximum atomic E-state index is 13.9. The zero-order valence-corrected chi connectivity index (χ0v) is 27.4. The second-order valence-electron chi connectivity index (χ2n) is 9.44. The molecule has 1 aromatic heterocycles. The van der Waals surface area contributed by atoms with Gasteiger partial charge in [0.05, 0.1) is 56.1 Å². The quantitative estimate of drug-likeness (QED) is 0.214. The lowest BCUT2D eigenvalue weighted by Crippen LogP contribution is -2.39. The van der Waals surface area contributed by atoms with Crippen LogP contribution in [0.1, 0.15) is 42.1 Å². The number of esters is 1. The molecule has 5 rings (SSSR count). The fraction of sp³-hybridized carbons (Fsp3) is 0.188. The molecular weight excluding hydrogens is 698 g/mol. The van der Waals surface area contributed by atoms with Crippen molar-refractivity contribution < 1.29 is 19.0 Å². The summed E-state index contributed by atoms with van der Waals surface area (Å²) in [4.78, 5) is 32.2. The standard InChI is InChI=1S/C32H25Br2N3O5S/c1-4-41-31(39)28-18(2)36-32-37(29(28)20-10-12-25(40-3)24(34)15-20)30(38)27(43-32)14-19-9-11-26(23(33)13-19)42-17-22-8-6-5-7-21(22)16-35/h5-15,29H,4,17H2,1-3H3/b27-14+/t29-/m0/s1. The number of benzene rings is 3. The van der Waals surface area contributed by atoms with Gasteiger partial charge in [0.15, 0.2) is 4.80 Å². The van der Waals surface area contributed by atoms with Crippen LogP contribution in [0.3, 0.4) is 0 Å². The molecule has 1 atom stereocenters. The summed E-state index contributed by atoms with van der Waals surface area (Å²) < 4.78 is 20.1. The Kier molecular flexibility index (Phi) is 9.30. The van der Waals surface area contributed by atoms with E-state index in [0.717, 1.165) is 11.1 Å². The van der Waals surface area contributed by atoms with Crippen LogP contribution in [0.4, 0.5) is 0 Å². The van der Waals surface area contributed by atoms with E-state index in [0.29, 0.717) is 52.2 Å². The summed E-state index contributed by atoms with van der Waals surface area (Å²) in [6, 6.07) is 19.7. The topological polar surface area (TPSA) is 103 Å². The molecule has 1 aliphatic rings. The molecule has 0 saturated carbocycles. The van der Waals surface area contributed by atoms with Crippen LogP contribution in [0.15, 0.2) is 90.7 Å². The Morgan fingerprint density at radius 1 is 1.12 bits per heavy atom. The molecule has 43 heavy (non-hydrogen) atoms. The van der Waals surface area contributed by atoms with Crippen molar-refractivity contribution in [2.75, 3.05) is 13.7 Å². The molecule has 0 N–H and O–H groups in total. The number of aromatic nitrogens is 1. The lowest BCUT2D eigenvalue weighted by Gasteiger charge is -2.25. The minimum Gasteiger partial charge on any atom is -0.496 e. The zero-order chi connectivity index (χ0) is 30.7. The summed E-state index contributed by atoms with van der Waals surface area (Å²) in [6.45, 7) is 3.92. The van der Waals surface area contributed by atoms with Gasteiger partial charge in [0.25, 0.3) is 5.56 Å². The van der Waals surface area contributed by atoms with E-state index in [1.165, 1.54) is 11.3 Å². The molecule has 0 spiro atoms. The molecule has 8 nitrogen and oxygen atoms in total. The van der Waals surface area contributed by atoms with E-state index in [1.54, 1.807) is 43.7 Å². The van der Waals surface area contributed by atoms with Crippen molar-refractivity contribution >= 4 is 55.2 Å². The number of thiazole rings is 1. The van der Waals surface area contributed by atoms with Crippen LogP contribution in [-0.4, -0.2) is 24.3 Å². The predicted octanol–water partition coefficient (Wildman–Crippen LogP) is 5.78. The molecule has 0 bridgehead atoms. The normalized spacial score (nSPS) is 14.5. The fourth-order valence-electron chi connectivity index (χ4n) is 4.75. The van der Waals surface area contributed by atoms with Crippen LogP contribution in [-0.2, 0) is 16.1 Å². The van der Waals surface area contributed by atoms with E-state index < -0.39 is 12.0 Å². The van der Waals surface area contributed by atoms with Gasteiger partial charge in [0.2, 0.25) is 0 Å². The van der Waals surface area contributed by atoms with Gasteiger partial charge in [0, 0.05) is 5.56 Å². The number of fused-ring (bicyclic) bond motifs is 1. The number of methoxy groups -OCH3 is 1. The van der Waals surface area contributed by atoms with Crippen LogP contribution in [0.25, 0.3) is 6.08 Å². The number of carbonyl (C=O) groups excluding carboxylic acids is 1. The molecule has 11 heteroatoms. The molecule has 4 aromatic rings. The van der Waals surface area contributed by atoms with Gasteiger partial charge in [-0.3, -0.25) is 9.36 Å². The first kappa shape index (κ1) is 30.5. The van der Waals surface area contributed by atoms with Crippen molar-refractivity contribution in [3.8, 4) is 17.6 Å². The molecule has 1 aliphatic heterocycles. The number of ether oxygens (including phenoxy) is 3. The van der Waals surface area contributed by atoms with Crippen LogP contribution in [0.2, 0.25) is 0 Å². The average Bonchev–Trinajstić information content (AvgIpc) is 3.29. The molecule has 0 amide bonds. The van der Waals surface area contributed by atoms with E-state index in [4.69, 9.17) is 14.2 Å². The largest absolute Gasteiger partial charge is 0.496 e. The van der Waals surface area contributed by atoms with E-state index in [9.17, 15) is 14.9 Å². The first-order valence-electron chi connectivity index (χ1n) is 13.2. The molecule has 3 aromatic carbocycles. The number of halogens is 2. The van der Waals surface area contributed by atoms with E-state index in [-0.39, 0.29) is 18.8 Å². The lowest BCUT2D eigenvalue weighted by molar-refractivity contribution is -0.139. The molecule has 218 valence electrons. The minimum absolute atomic E-state index is 0.193. The molecule has 0 unspecified atom stereocenters. The van der Waals surface area contributed by atoms with Crippen molar-refractivity contribution in [2.45, 2.75) is 26.5 Å². The maximum Gasteiger partial charge on any atom is 0.338 e. The van der Waals surface area contributed by atoms with Gasteiger partial charge >= 0.3 is 5.97 Å². The van der Waals surface area contributed by atoms with Crippen molar-refractivity contribution in [2.24, 2.45) is 4.99 Å². The summed E-state index contributed by atoms with van der Waals surface area (Å²) in [7, 11) is 1.57. The molecule has 0 aliphatic carbocycles. The van der Waals surface area contributed by atoms with Gasteiger partial charge in [-0.25, -0.2) is 9.79 Å². The maximum absolute atomic E-state index is 13.9. The highest BCUT2D eigenvalue weighted by atomic mass is 79.9. The third-order valence-electron chi connectivity index (χ3n) is 6.78. The number of carbonyl (C=O) groups is 1. The molecule has 0 saturated heterocycles. The Balaban J connectivity index is 1.54. The van der Waals surface area contributed by atoms with Gasteiger partial charge in [-0.15, -0.1) is 0 Å². The summed E-state index contributed by atoms with van der Waals surface area (Å²) in [6.07, 6.45) is 1.79. The monoisotopic (exact) mass is 721 g/mol. The molecule has 2 heterocycles. The number of allylic oxidation sites excluding steroid dienone is 1. The SMILES string of the molecule is CCOC(=O)C1=C(C)N=c2s/c(=C/c3ccc(OCc4ccccc4C#N)c(Br)c3)c(=O)n2[C@H]1c1ccc(OC)c(Br)c1. The second kappa shape index (κ2) is 13.1. The summed E-state index contributed by atoms with van der Waals surface area (Å²) in [5.74, 6) is 0.708. The van der Waals surface area contributed by atoms with E-state index in [1.807, 2.05) is 48.5 Å². The van der Waals surface area contributed by atoms with Crippen LogP contribution in [0, 0.1) is 11.3 Å². The minimum atomic E-state index is -0.738. The van der Waals surface area contributed by atoms with Crippen LogP contribution in [0.5, 0.6) is 11.5 Å². The zero-order valence-electron chi connectivity index (χ0n) is 23.4. The third-order valence-corrected chi connectivity index (χ3v) is 9.01. The second-order valence-corrected chi connectivity index (χ2v) is 12.2. The van der Waals surface area contributed by atoms with Crippen molar-refractivity contribution in [1.29, 1.82) is 5.26 Å². The molecule has 0 radical (unpaired) electrons. The van der Waals surface area contributed by atoms with Gasteiger partial charge < -0.3 is 14.2 Å². The van der Waals surface area contributed by atoms with Gasteiger partial charge in [0.1, 0.15) is 18.1 Å². The Bertz CT molecular complexity index is 1990. The van der Waals surface area contributed by atoms with Gasteiger partial charge in [-0.1, -0.05) is 41.7 Å². The fourth-order valence-corrected chi connectivity index (χ4v) is 6.86. The van der Waals surface area contributed by atoms with Gasteiger partial charge in [-0.05, 0) is 93.2 Å². The van der Waals surface area contributed by atoms with Crippen molar-refractivity contribution in [3.05, 3.63) is 123 Å². The Morgan fingerprint density at radius 3 is 2.56 bits per heavy atom. The summed E-state index contributed by atoms with van der Waals surface area (Å²) in [5, 5.41) is 9.34. The first-order valence-corrected chi connectivity index (χ1v) is 15.6. The number of hydrogen-bond acceptors (Lipinski definition) is 8. The summed E-state index contributed by atoms with van der Waals surface area (Å²) >= 11 is 8.35. The molecule has 0 fully saturated rings. The van der Waals surface area contributed by atoms with Crippen LogP contribution < -0.4 is 24.4 Å². The number of hydrogen-bond donors (Lipinski definition) is 0. The smallest absolute Gasteiger partial charge is 0.338 e. The Morgan fingerprint density at radius 2 is 1.86 bits per heavy atom. The summed E-state index contributed by atoms with van der Waals surface area (Å²) in [5.41, 5.74) is 3.35. The van der Waals surface area contributed by atoms with Crippen molar-refractivity contribution in [1.82, 2.24) is 4.57 Å². The highest BCUT2D eigenvalue weighted by Crippen LogP contribution is 2.35. The van der Waals surface area contributed by atoms with Gasteiger partial charge in [-0.2, -0.15) is 5.26 Å². The Labute approximate surface area is 268 Å². The third kappa shape index (κ3) is 6.22. The van der Waals surface area contributed by atoms with Crippen LogP contribution >= 0.6 is 43.2 Å². The number of nitrogens with zero attached hydrogens (tertiary/aromatic N) is 3. The highest BCUT2D eigenvalue weighted by molar-refractivity contribution is 9.10. The number of nitriles is 1. The van der Waals surface area contributed by atoms with E-state index >= 15 is 0 Å². The first-order chi connectivity index (χ1) is 20.7.